The van der Waals surface area contributed by atoms with Crippen LogP contribution in [0.2, 0.25) is 0 Å². The first-order valence-electron chi connectivity index (χ1n) is 10.5. The number of amides is 1. The largest absolute Gasteiger partial charge is 0.389 e. The molecular weight excluding hydrogens is 432 g/mol. The van der Waals surface area contributed by atoms with E-state index in [1.54, 1.807) is 37.6 Å². The number of carbonyl (C=O) groups is 1. The van der Waals surface area contributed by atoms with Crippen molar-refractivity contribution >= 4 is 35.0 Å². The van der Waals surface area contributed by atoms with Crippen molar-refractivity contribution in [1.82, 2.24) is 30.7 Å². The van der Waals surface area contributed by atoms with Crippen molar-refractivity contribution < 1.29 is 9.90 Å². The predicted molar refractivity (Wildman–Crippen MR) is 125 cm³/mol. The first-order chi connectivity index (χ1) is 15.5. The maximum atomic E-state index is 12.7. The maximum Gasteiger partial charge on any atom is 0.273 e. The zero-order valence-electron chi connectivity index (χ0n) is 17.9. The molecule has 1 aliphatic heterocycles. The summed E-state index contributed by atoms with van der Waals surface area (Å²) in [5, 5.41) is 34.7. The SMILES string of the molecule is Cn1cc(NC(O)c2cccc(/C(C=N)=C/NCCCl)n2)c(C(=O)NCC2CCNC2)n1. The molecular formula is C21H29ClN8O2. The number of allylic oxidation sites excluding steroid dienone is 1. The molecule has 32 heavy (non-hydrogen) atoms. The fourth-order valence-corrected chi connectivity index (χ4v) is 3.49. The molecule has 0 aromatic carbocycles. The molecule has 2 atom stereocenters. The van der Waals surface area contributed by atoms with Crippen LogP contribution < -0.4 is 21.3 Å². The number of alkyl halides is 1. The van der Waals surface area contributed by atoms with E-state index in [1.165, 1.54) is 10.9 Å². The van der Waals surface area contributed by atoms with Gasteiger partial charge in [0, 0.05) is 50.2 Å². The Morgan fingerprint density at radius 3 is 3.06 bits per heavy atom. The topological polar surface area (TPSA) is 140 Å². The number of hydrogen-bond acceptors (Lipinski definition) is 8. The maximum absolute atomic E-state index is 12.7. The summed E-state index contributed by atoms with van der Waals surface area (Å²) in [5.41, 5.74) is 2.03. The van der Waals surface area contributed by atoms with Crippen LogP contribution in [0.25, 0.3) is 5.57 Å². The number of aryl methyl sites for hydroxylation is 1. The van der Waals surface area contributed by atoms with Gasteiger partial charge in [-0.2, -0.15) is 5.10 Å². The molecule has 2 unspecified atom stereocenters. The molecule has 2 aromatic rings. The fraction of sp³-hybridized carbons (Fsp3) is 0.429. The molecule has 6 N–H and O–H groups in total. The highest BCUT2D eigenvalue weighted by atomic mass is 35.5. The smallest absolute Gasteiger partial charge is 0.273 e. The number of aromatic nitrogens is 3. The monoisotopic (exact) mass is 460 g/mol. The Balaban J connectivity index is 1.70. The Hall–Kier alpha value is -2.95. The van der Waals surface area contributed by atoms with Crippen molar-refractivity contribution in [3.8, 4) is 0 Å². The Bertz CT molecular complexity index is 955. The molecule has 0 radical (unpaired) electrons. The van der Waals surface area contributed by atoms with Gasteiger partial charge in [-0.1, -0.05) is 6.07 Å². The summed E-state index contributed by atoms with van der Waals surface area (Å²) in [6, 6.07) is 5.16. The van der Waals surface area contributed by atoms with Crippen molar-refractivity contribution in [3.05, 3.63) is 47.7 Å². The van der Waals surface area contributed by atoms with Gasteiger partial charge in [0.2, 0.25) is 0 Å². The number of nitrogens with zero attached hydrogens (tertiary/aromatic N) is 3. The number of halogens is 1. The minimum absolute atomic E-state index is 0.207. The number of anilines is 1. The summed E-state index contributed by atoms with van der Waals surface area (Å²) in [6.07, 6.45) is 4.33. The van der Waals surface area contributed by atoms with Crippen LogP contribution in [-0.2, 0) is 7.05 Å². The second kappa shape index (κ2) is 11.6. The molecule has 1 fully saturated rings. The van der Waals surface area contributed by atoms with Crippen molar-refractivity contribution in [2.24, 2.45) is 13.0 Å². The van der Waals surface area contributed by atoms with E-state index in [1.807, 2.05) is 0 Å². The van der Waals surface area contributed by atoms with Crippen LogP contribution >= 0.6 is 11.6 Å². The molecule has 3 heterocycles. The van der Waals surface area contributed by atoms with Crippen LogP contribution in [0.5, 0.6) is 0 Å². The van der Waals surface area contributed by atoms with Crippen molar-refractivity contribution in [3.63, 3.8) is 0 Å². The van der Waals surface area contributed by atoms with E-state index < -0.39 is 6.23 Å². The van der Waals surface area contributed by atoms with Crippen molar-refractivity contribution in [2.75, 3.05) is 37.4 Å². The summed E-state index contributed by atoms with van der Waals surface area (Å²) < 4.78 is 1.52. The first kappa shape index (κ1) is 23.7. The molecule has 0 aliphatic carbocycles. The van der Waals surface area contributed by atoms with Crippen LogP contribution in [-0.4, -0.2) is 64.1 Å². The number of rotatable bonds is 11. The first-order valence-corrected chi connectivity index (χ1v) is 11.0. The minimum Gasteiger partial charge on any atom is -0.389 e. The molecule has 1 aliphatic rings. The summed E-state index contributed by atoms with van der Waals surface area (Å²) in [5.74, 6) is 0.552. The predicted octanol–water partition coefficient (Wildman–Crippen LogP) is 1.08. The molecule has 3 rings (SSSR count). The number of hydrogen-bond donors (Lipinski definition) is 6. The molecule has 1 saturated heterocycles. The molecule has 1 amide bonds. The van der Waals surface area contributed by atoms with Crippen molar-refractivity contribution in [2.45, 2.75) is 12.6 Å². The van der Waals surface area contributed by atoms with Crippen molar-refractivity contribution in [1.29, 1.82) is 5.41 Å². The van der Waals surface area contributed by atoms with Crippen LogP contribution in [0, 0.1) is 11.3 Å². The van der Waals surface area contributed by atoms with Gasteiger partial charge < -0.3 is 31.8 Å². The van der Waals surface area contributed by atoms with E-state index in [-0.39, 0.29) is 11.6 Å². The standard InChI is InChI=1S/C21H29ClN8O2/c1-30-13-18(19(29-30)21(32)26-11-14-5-7-24-10-14)28-20(31)17-4-2-3-16(27-17)15(9-23)12-25-8-6-22/h2-4,9,12-14,20,23-25,28,31H,5-8,10-11H2,1H3,(H,26,32)/b15-12+,23-9?. The van der Waals surface area contributed by atoms with E-state index in [0.717, 1.165) is 19.5 Å². The molecule has 0 bridgehead atoms. The van der Waals surface area contributed by atoms with Gasteiger partial charge in [0.1, 0.15) is 0 Å². The number of pyridine rings is 1. The van der Waals surface area contributed by atoms with Gasteiger partial charge >= 0.3 is 0 Å². The van der Waals surface area contributed by atoms with Gasteiger partial charge in [-0.05, 0) is 37.6 Å². The second-order valence-corrected chi connectivity index (χ2v) is 7.89. The molecule has 11 heteroatoms. The fourth-order valence-electron chi connectivity index (χ4n) is 3.38. The van der Waals surface area contributed by atoms with Gasteiger partial charge in [0.25, 0.3) is 5.91 Å². The summed E-state index contributed by atoms with van der Waals surface area (Å²) in [4.78, 5) is 17.1. The Kier molecular flexibility index (Phi) is 8.60. The lowest BCUT2D eigenvalue weighted by Gasteiger charge is -2.15. The normalized spacial score (nSPS) is 17.1. The molecule has 10 nitrogen and oxygen atoms in total. The summed E-state index contributed by atoms with van der Waals surface area (Å²) in [6.45, 7) is 2.99. The Labute approximate surface area is 192 Å². The lowest BCUT2D eigenvalue weighted by molar-refractivity contribution is 0.0943. The average Bonchev–Trinajstić information content (AvgIpc) is 3.45. The molecule has 0 saturated carbocycles. The second-order valence-electron chi connectivity index (χ2n) is 7.52. The Morgan fingerprint density at radius 2 is 2.34 bits per heavy atom. The average molecular weight is 461 g/mol. The third-order valence-electron chi connectivity index (χ3n) is 5.05. The van der Waals surface area contributed by atoms with Crippen LogP contribution in [0.15, 0.2) is 30.6 Å². The third-order valence-corrected chi connectivity index (χ3v) is 5.24. The molecule has 172 valence electrons. The minimum atomic E-state index is -1.17. The lowest BCUT2D eigenvalue weighted by atomic mass is 10.1. The summed E-state index contributed by atoms with van der Waals surface area (Å²) >= 11 is 5.66. The highest BCUT2D eigenvalue weighted by Crippen LogP contribution is 2.21. The van der Waals surface area contributed by atoms with Gasteiger partial charge in [0.15, 0.2) is 11.9 Å². The lowest BCUT2D eigenvalue weighted by Crippen LogP contribution is -2.31. The van der Waals surface area contributed by atoms with E-state index in [9.17, 15) is 9.90 Å². The van der Waals surface area contributed by atoms with Gasteiger partial charge in [0.05, 0.1) is 17.1 Å². The molecule has 2 aromatic heterocycles. The highest BCUT2D eigenvalue weighted by Gasteiger charge is 2.21. The van der Waals surface area contributed by atoms with Gasteiger partial charge in [-0.25, -0.2) is 4.98 Å². The zero-order chi connectivity index (χ0) is 22.9. The van der Waals surface area contributed by atoms with Gasteiger partial charge in [-0.15, -0.1) is 11.6 Å². The van der Waals surface area contributed by atoms with E-state index in [0.29, 0.717) is 47.5 Å². The van der Waals surface area contributed by atoms with Crippen LogP contribution in [0.1, 0.15) is 34.5 Å². The number of nitrogens with one attached hydrogen (secondary N) is 5. The van der Waals surface area contributed by atoms with Gasteiger partial charge in [-0.3, -0.25) is 9.48 Å². The number of aliphatic hydroxyl groups excluding tert-OH is 1. The quantitative estimate of drug-likeness (QED) is 0.127. The third kappa shape index (κ3) is 6.28. The summed E-state index contributed by atoms with van der Waals surface area (Å²) in [7, 11) is 1.71. The van der Waals surface area contributed by atoms with Crippen LogP contribution in [0.3, 0.4) is 0 Å². The highest BCUT2D eigenvalue weighted by molar-refractivity contribution is 6.18. The molecule has 0 spiro atoms. The number of aliphatic hydroxyl groups is 1. The zero-order valence-corrected chi connectivity index (χ0v) is 18.7. The van der Waals surface area contributed by atoms with Crippen LogP contribution in [0.4, 0.5) is 5.69 Å². The number of carbonyl (C=O) groups excluding carboxylic acids is 1. The van der Waals surface area contributed by atoms with E-state index in [2.05, 4.69) is 31.3 Å². The Morgan fingerprint density at radius 1 is 1.50 bits per heavy atom. The van der Waals surface area contributed by atoms with E-state index >= 15 is 0 Å². The van der Waals surface area contributed by atoms with E-state index in [4.69, 9.17) is 17.0 Å².